The number of allylic oxidation sites excluding steroid dienone is 1. The minimum atomic E-state index is 0.454. The largest absolute Gasteiger partial charge is 0.495 e. The van der Waals surface area contributed by atoms with Gasteiger partial charge in [-0.1, -0.05) is 43.0 Å². The molecule has 6 heteroatoms. The first-order valence-electron chi connectivity index (χ1n) is 9.65. The second kappa shape index (κ2) is 8.35. The van der Waals surface area contributed by atoms with Gasteiger partial charge in [0.15, 0.2) is 11.6 Å². The van der Waals surface area contributed by atoms with E-state index in [4.69, 9.17) is 14.7 Å². The quantitative estimate of drug-likeness (QED) is 0.716. The van der Waals surface area contributed by atoms with Gasteiger partial charge in [-0.3, -0.25) is 0 Å². The van der Waals surface area contributed by atoms with E-state index in [1.807, 2.05) is 55.6 Å². The van der Waals surface area contributed by atoms with Crippen LogP contribution in [0, 0.1) is 5.92 Å². The van der Waals surface area contributed by atoms with Gasteiger partial charge in [-0.15, -0.1) is 0 Å². The van der Waals surface area contributed by atoms with Gasteiger partial charge in [-0.05, 0) is 31.8 Å². The van der Waals surface area contributed by atoms with E-state index in [0.29, 0.717) is 30.1 Å². The summed E-state index contributed by atoms with van der Waals surface area (Å²) >= 11 is 0. The van der Waals surface area contributed by atoms with E-state index in [0.717, 1.165) is 29.3 Å². The molecule has 1 atom stereocenters. The molecule has 1 saturated carbocycles. The summed E-state index contributed by atoms with van der Waals surface area (Å²) < 4.78 is 5.40. The zero-order valence-electron chi connectivity index (χ0n) is 16.1. The average Bonchev–Trinajstić information content (AvgIpc) is 3.46. The predicted molar refractivity (Wildman–Crippen MR) is 112 cm³/mol. The van der Waals surface area contributed by atoms with Crippen LogP contribution in [0.15, 0.2) is 59.9 Å². The van der Waals surface area contributed by atoms with Crippen molar-refractivity contribution in [2.45, 2.75) is 32.2 Å². The molecule has 0 radical (unpaired) electrons. The first-order chi connectivity index (χ1) is 13.7. The van der Waals surface area contributed by atoms with Gasteiger partial charge in [-0.25, -0.2) is 20.4 Å². The molecule has 0 spiro atoms. The number of aromatic nitrogens is 2. The number of hydrogen-bond donors (Lipinski definition) is 2. The van der Waals surface area contributed by atoms with Crippen LogP contribution in [-0.2, 0) is 4.74 Å². The molecule has 0 amide bonds. The predicted octanol–water partition coefficient (Wildman–Crippen LogP) is 4.01. The standard InChI is InChI=1S/C22H25N5O/c1-15(2)28-12-6-9-18-14-23-21(17-7-4-3-5-8-17)25-22(18)24-20-13-19(26-27-20)16-10-11-16/h3-9,14,16,19,26H,1,10-13H2,2H3,(H,23,24,25,27)/b9-6+. The molecule has 1 aromatic heterocycles. The van der Waals surface area contributed by atoms with E-state index in [9.17, 15) is 0 Å². The third-order valence-electron chi connectivity index (χ3n) is 4.80. The summed E-state index contributed by atoms with van der Waals surface area (Å²) in [7, 11) is 0. The Balaban J connectivity index is 1.60. The summed E-state index contributed by atoms with van der Waals surface area (Å²) in [6, 6.07) is 10.4. The number of nitrogens with zero attached hydrogens (tertiary/aromatic N) is 3. The Morgan fingerprint density at radius 1 is 1.32 bits per heavy atom. The number of ether oxygens (including phenoxy) is 1. The minimum absolute atomic E-state index is 0.454. The van der Waals surface area contributed by atoms with Gasteiger partial charge >= 0.3 is 0 Å². The molecule has 4 rings (SSSR count). The van der Waals surface area contributed by atoms with Crippen LogP contribution in [0.2, 0.25) is 0 Å². The zero-order valence-corrected chi connectivity index (χ0v) is 16.1. The third kappa shape index (κ3) is 4.64. The van der Waals surface area contributed by atoms with Crippen molar-refractivity contribution in [3.63, 3.8) is 0 Å². The van der Waals surface area contributed by atoms with Gasteiger partial charge in [0.2, 0.25) is 0 Å². The summed E-state index contributed by atoms with van der Waals surface area (Å²) in [5, 5.41) is 0. The highest BCUT2D eigenvalue weighted by Crippen LogP contribution is 2.35. The maximum Gasteiger partial charge on any atom is 0.165 e. The SMILES string of the molecule is C=C(C)OC/C=C/c1cnc(-c2ccccc2)nc1N=C1CC(C2CC2)NN1. The molecule has 144 valence electrons. The molecule has 2 heterocycles. The van der Waals surface area contributed by atoms with Gasteiger partial charge in [0.1, 0.15) is 12.4 Å². The molecule has 2 aromatic rings. The Morgan fingerprint density at radius 2 is 2.14 bits per heavy atom. The summed E-state index contributed by atoms with van der Waals surface area (Å²) in [5.41, 5.74) is 8.40. The molecule has 2 aliphatic rings. The van der Waals surface area contributed by atoms with E-state index < -0.39 is 0 Å². The highest BCUT2D eigenvalue weighted by molar-refractivity contribution is 5.87. The summed E-state index contributed by atoms with van der Waals surface area (Å²) in [5.74, 6) is 3.70. The number of aliphatic imine (C=N–C) groups is 1. The second-order valence-electron chi connectivity index (χ2n) is 7.23. The highest BCUT2D eigenvalue weighted by Gasteiger charge is 2.35. The van der Waals surface area contributed by atoms with Crippen molar-refractivity contribution < 1.29 is 4.74 Å². The molecule has 0 bridgehead atoms. The third-order valence-corrected chi connectivity index (χ3v) is 4.80. The van der Waals surface area contributed by atoms with Crippen molar-refractivity contribution in [2.75, 3.05) is 6.61 Å². The molecule has 1 aliphatic carbocycles. The maximum atomic E-state index is 5.40. The van der Waals surface area contributed by atoms with Crippen LogP contribution in [0.3, 0.4) is 0 Å². The fourth-order valence-corrected chi connectivity index (χ4v) is 3.15. The van der Waals surface area contributed by atoms with Crippen molar-refractivity contribution in [1.29, 1.82) is 0 Å². The zero-order chi connectivity index (χ0) is 19.3. The molecule has 1 saturated heterocycles. The smallest absolute Gasteiger partial charge is 0.165 e. The Bertz CT molecular complexity index is 902. The maximum absolute atomic E-state index is 5.40. The number of hydrazine groups is 1. The molecule has 2 N–H and O–H groups in total. The molecule has 28 heavy (non-hydrogen) atoms. The van der Waals surface area contributed by atoms with Crippen LogP contribution in [0.1, 0.15) is 31.7 Å². The number of nitrogens with one attached hydrogen (secondary N) is 2. The van der Waals surface area contributed by atoms with E-state index in [1.54, 1.807) is 0 Å². The van der Waals surface area contributed by atoms with Crippen molar-refractivity contribution in [2.24, 2.45) is 10.9 Å². The average molecular weight is 375 g/mol. The van der Waals surface area contributed by atoms with Gasteiger partial charge in [0.05, 0.1) is 5.76 Å². The fourth-order valence-electron chi connectivity index (χ4n) is 3.15. The molecule has 1 aromatic carbocycles. The first kappa shape index (κ1) is 18.4. The van der Waals surface area contributed by atoms with Gasteiger partial charge in [-0.2, -0.15) is 0 Å². The number of benzene rings is 1. The van der Waals surface area contributed by atoms with E-state index in [2.05, 4.69) is 22.4 Å². The van der Waals surface area contributed by atoms with Crippen LogP contribution in [0.5, 0.6) is 0 Å². The van der Waals surface area contributed by atoms with Crippen molar-refractivity contribution in [3.8, 4) is 11.4 Å². The van der Waals surface area contributed by atoms with Crippen molar-refractivity contribution >= 4 is 17.7 Å². The van der Waals surface area contributed by atoms with E-state index in [1.165, 1.54) is 12.8 Å². The van der Waals surface area contributed by atoms with Crippen LogP contribution >= 0.6 is 0 Å². The van der Waals surface area contributed by atoms with Gasteiger partial charge in [0.25, 0.3) is 0 Å². The van der Waals surface area contributed by atoms with Crippen LogP contribution in [-0.4, -0.2) is 28.5 Å². The summed E-state index contributed by atoms with van der Waals surface area (Å²) in [4.78, 5) is 14.1. The topological polar surface area (TPSA) is 71.4 Å². The molecule has 6 nitrogen and oxygen atoms in total. The van der Waals surface area contributed by atoms with E-state index >= 15 is 0 Å². The lowest BCUT2D eigenvalue weighted by atomic mass is 10.1. The van der Waals surface area contributed by atoms with Crippen LogP contribution in [0.4, 0.5) is 5.82 Å². The number of amidine groups is 1. The van der Waals surface area contributed by atoms with E-state index in [-0.39, 0.29) is 0 Å². The summed E-state index contributed by atoms with van der Waals surface area (Å²) in [6.07, 6.45) is 9.18. The lowest BCUT2D eigenvalue weighted by Gasteiger charge is -2.06. The van der Waals surface area contributed by atoms with Crippen molar-refractivity contribution in [1.82, 2.24) is 20.8 Å². The Morgan fingerprint density at radius 3 is 2.89 bits per heavy atom. The van der Waals surface area contributed by atoms with Gasteiger partial charge in [0, 0.05) is 29.8 Å². The normalized spacial score (nSPS) is 20.5. The Hall–Kier alpha value is -2.99. The van der Waals surface area contributed by atoms with Crippen LogP contribution < -0.4 is 10.9 Å². The molecule has 2 fully saturated rings. The fraction of sp³-hybridized carbons (Fsp3) is 0.318. The Kier molecular flexibility index (Phi) is 5.48. The monoisotopic (exact) mass is 375 g/mol. The second-order valence-corrected chi connectivity index (χ2v) is 7.23. The highest BCUT2D eigenvalue weighted by atomic mass is 16.5. The number of rotatable bonds is 7. The molecular weight excluding hydrogens is 350 g/mol. The Labute approximate surface area is 165 Å². The number of hydrogen-bond acceptors (Lipinski definition) is 5. The lowest BCUT2D eigenvalue weighted by Crippen LogP contribution is -2.32. The first-order valence-corrected chi connectivity index (χ1v) is 9.65. The lowest BCUT2D eigenvalue weighted by molar-refractivity contribution is 0.252. The molecule has 1 aliphatic heterocycles. The molecule has 1 unspecified atom stereocenters. The minimum Gasteiger partial charge on any atom is -0.495 e. The van der Waals surface area contributed by atoms with Crippen molar-refractivity contribution in [3.05, 3.63) is 60.5 Å². The van der Waals surface area contributed by atoms with Crippen LogP contribution in [0.25, 0.3) is 17.5 Å². The van der Waals surface area contributed by atoms with Gasteiger partial charge < -0.3 is 10.2 Å². The summed E-state index contributed by atoms with van der Waals surface area (Å²) in [6.45, 7) is 6.02. The molecular formula is C22H25N5O.